The van der Waals surface area contributed by atoms with E-state index in [4.69, 9.17) is 29.2 Å². The van der Waals surface area contributed by atoms with Crippen LogP contribution in [0.2, 0.25) is 0 Å². The van der Waals surface area contributed by atoms with Crippen LogP contribution in [0.15, 0.2) is 157 Å². The lowest BCUT2D eigenvalue weighted by Crippen LogP contribution is -2.42. The summed E-state index contributed by atoms with van der Waals surface area (Å²) in [6, 6.07) is 45.0. The molecule has 0 saturated heterocycles. The van der Waals surface area contributed by atoms with Crippen molar-refractivity contribution in [3.05, 3.63) is 185 Å². The molecule has 53 heavy (non-hydrogen) atoms. The number of aryl methyl sites for hydroxylation is 1. The van der Waals surface area contributed by atoms with Crippen LogP contribution in [0.4, 0.5) is 0 Å². The normalized spacial score (nSPS) is 13.0. The molecule has 0 saturated carbocycles. The maximum absolute atomic E-state index is 7.98. The van der Waals surface area contributed by atoms with E-state index in [1.165, 1.54) is 0 Å². The Balaban J connectivity index is 1.42. The van der Waals surface area contributed by atoms with Gasteiger partial charge in [-0.15, -0.1) is 0 Å². The Morgan fingerprint density at radius 1 is 0.679 bits per heavy atom. The quantitative estimate of drug-likeness (QED) is 0.0547. The summed E-state index contributed by atoms with van der Waals surface area (Å²) in [4.78, 5) is 3.58. The Morgan fingerprint density at radius 2 is 1.15 bits per heavy atom. The molecule has 5 aromatic carbocycles. The van der Waals surface area contributed by atoms with E-state index in [2.05, 4.69) is 51.5 Å². The Kier molecular flexibility index (Phi) is 12.6. The second-order valence-corrected chi connectivity index (χ2v) is 12.5. The molecule has 6 rings (SSSR count). The van der Waals surface area contributed by atoms with Crippen LogP contribution in [-0.2, 0) is 40.1 Å². The van der Waals surface area contributed by atoms with Crippen LogP contribution >= 0.6 is 0 Å². The first-order valence-electron chi connectivity index (χ1n) is 17.4. The van der Waals surface area contributed by atoms with E-state index in [0.29, 0.717) is 0 Å². The van der Waals surface area contributed by atoms with Gasteiger partial charge < -0.3 is 23.7 Å². The molecule has 0 aliphatic rings. The highest BCUT2D eigenvalue weighted by Crippen LogP contribution is 2.41. The number of nitrogens with zero attached hydrogens (tertiary/aromatic N) is 4. The van der Waals surface area contributed by atoms with Crippen LogP contribution in [0.3, 0.4) is 0 Å². The molecule has 1 N–H and O–H groups in total. The molecule has 0 bridgehead atoms. The van der Waals surface area contributed by atoms with Crippen molar-refractivity contribution in [1.82, 2.24) is 14.7 Å². The highest BCUT2D eigenvalue weighted by molar-refractivity contribution is 5.47. The van der Waals surface area contributed by atoms with Gasteiger partial charge >= 0.3 is 0 Å². The van der Waals surface area contributed by atoms with Crippen LogP contribution in [-0.4, -0.2) is 42.8 Å². The first kappa shape index (κ1) is 36.9. The third-order valence-corrected chi connectivity index (χ3v) is 9.14. The number of nitrogens with one attached hydrogen (secondary N) is 1. The average Bonchev–Trinajstić information content (AvgIpc) is 3.66. The molecule has 10 nitrogen and oxygen atoms in total. The van der Waals surface area contributed by atoms with E-state index in [1.54, 1.807) is 25.1 Å². The van der Waals surface area contributed by atoms with Crippen LogP contribution in [0.1, 0.15) is 39.5 Å². The first-order valence-corrected chi connectivity index (χ1v) is 17.4. The Bertz CT molecular complexity index is 1940. The number of methoxy groups -OCH3 is 2. The van der Waals surface area contributed by atoms with Crippen molar-refractivity contribution in [2.45, 2.75) is 37.1 Å². The van der Waals surface area contributed by atoms with Crippen molar-refractivity contribution < 1.29 is 23.7 Å². The molecular formula is C43H44N5O5+. The molecule has 0 unspecified atom stereocenters. The van der Waals surface area contributed by atoms with Gasteiger partial charge in [0.1, 0.15) is 40.0 Å². The molecule has 0 aliphatic heterocycles. The predicted octanol–water partition coefficient (Wildman–Crippen LogP) is 8.21. The molecule has 3 atom stereocenters. The molecule has 6 aromatic rings. The molecule has 0 fully saturated rings. The molecule has 0 spiro atoms. The maximum Gasteiger partial charge on any atom is 0.214 e. The fraction of sp³-hybridized carbons (Fsp3) is 0.233. The van der Waals surface area contributed by atoms with Crippen LogP contribution < -0.4 is 14.4 Å². The van der Waals surface area contributed by atoms with Crippen molar-refractivity contribution in [2.24, 2.45) is 12.2 Å². The third-order valence-electron chi connectivity index (χ3n) is 9.14. The third kappa shape index (κ3) is 8.95. The summed E-state index contributed by atoms with van der Waals surface area (Å²) in [5.41, 5.74) is 12.4. The zero-order valence-electron chi connectivity index (χ0n) is 30.1. The standard InChI is InChI=1S/C43H44N5O5/c1-48-28-34(27-45-48)41(51-29-32-19-23-38(49-2)24-20-32)42(52-30-33-21-25-39(50-3)26-22-33)40(46-47-44)31-53-43(35-13-7-4-8-14-35,36-15-9-5-10-16-36)37-17-11-6-12-18-37/h4-28,40-42,44H,29-31H2,1-3H3/q+1/t40-,41+,42+/m0/s1. The molecule has 0 radical (unpaired) electrons. The average molecular weight is 711 g/mol. The monoisotopic (exact) mass is 710 g/mol. The lowest BCUT2D eigenvalue weighted by atomic mass is 9.80. The van der Waals surface area contributed by atoms with Gasteiger partial charge in [-0.2, -0.15) is 5.10 Å². The number of rotatable bonds is 18. The summed E-state index contributed by atoms with van der Waals surface area (Å²) in [5.74, 6) is 1.50. The van der Waals surface area contributed by atoms with Crippen LogP contribution in [0.25, 0.3) is 0 Å². The fourth-order valence-electron chi connectivity index (χ4n) is 6.44. The van der Waals surface area contributed by atoms with Gasteiger partial charge in [-0.25, -0.2) is 0 Å². The number of ether oxygens (including phenoxy) is 5. The molecule has 0 amide bonds. The minimum atomic E-state index is -1.03. The molecule has 10 heteroatoms. The van der Waals surface area contributed by atoms with Crippen molar-refractivity contribution in [3.63, 3.8) is 0 Å². The van der Waals surface area contributed by atoms with E-state index >= 15 is 0 Å². The van der Waals surface area contributed by atoms with Gasteiger partial charge in [0.05, 0.1) is 40.2 Å². The summed E-state index contributed by atoms with van der Waals surface area (Å²) < 4.78 is 33.2. The Labute approximate surface area is 310 Å². The van der Waals surface area contributed by atoms with E-state index in [1.807, 2.05) is 116 Å². The van der Waals surface area contributed by atoms with Crippen molar-refractivity contribution in [2.75, 3.05) is 20.8 Å². The van der Waals surface area contributed by atoms with E-state index < -0.39 is 23.9 Å². The zero-order chi connectivity index (χ0) is 36.9. The topological polar surface area (TPSA) is 114 Å². The van der Waals surface area contributed by atoms with Gasteiger partial charge in [-0.3, -0.25) is 4.68 Å². The summed E-state index contributed by atoms with van der Waals surface area (Å²) in [5, 5.41) is 8.95. The summed E-state index contributed by atoms with van der Waals surface area (Å²) >= 11 is 0. The van der Waals surface area contributed by atoms with E-state index in [9.17, 15) is 0 Å². The van der Waals surface area contributed by atoms with Crippen LogP contribution in [0, 0.1) is 5.53 Å². The molecule has 1 aromatic heterocycles. The number of hydrogen-bond donors (Lipinski definition) is 1. The first-order chi connectivity index (χ1) is 26.0. The highest BCUT2D eigenvalue weighted by atomic mass is 16.5. The van der Waals surface area contributed by atoms with Crippen molar-refractivity contribution in [1.29, 1.82) is 5.53 Å². The Morgan fingerprint density at radius 3 is 1.57 bits per heavy atom. The fourth-order valence-corrected chi connectivity index (χ4v) is 6.44. The van der Waals surface area contributed by atoms with Gasteiger partial charge in [-0.1, -0.05) is 115 Å². The molecular weight excluding hydrogens is 667 g/mol. The van der Waals surface area contributed by atoms with Gasteiger partial charge in [-0.05, 0) is 52.1 Å². The minimum Gasteiger partial charge on any atom is -0.497 e. The molecule has 270 valence electrons. The smallest absolute Gasteiger partial charge is 0.214 e. The van der Waals surface area contributed by atoms with E-state index in [-0.39, 0.29) is 19.8 Å². The summed E-state index contributed by atoms with van der Waals surface area (Å²) in [6.45, 7) is 0.513. The largest absolute Gasteiger partial charge is 0.497 e. The summed E-state index contributed by atoms with van der Waals surface area (Å²) in [6.07, 6.45) is 2.22. The zero-order valence-corrected chi connectivity index (χ0v) is 30.1. The van der Waals surface area contributed by atoms with Gasteiger partial charge in [0, 0.05) is 18.8 Å². The second kappa shape index (κ2) is 18.0. The predicted molar refractivity (Wildman–Crippen MR) is 202 cm³/mol. The van der Waals surface area contributed by atoms with Gasteiger partial charge in [0.2, 0.25) is 4.91 Å². The van der Waals surface area contributed by atoms with Gasteiger partial charge in [0.25, 0.3) is 0 Å². The maximum atomic E-state index is 7.98. The van der Waals surface area contributed by atoms with Crippen molar-refractivity contribution >= 4 is 0 Å². The van der Waals surface area contributed by atoms with E-state index in [0.717, 1.165) is 44.9 Å². The highest BCUT2D eigenvalue weighted by Gasteiger charge is 2.42. The van der Waals surface area contributed by atoms with Crippen LogP contribution in [0.5, 0.6) is 11.5 Å². The number of aromatic nitrogens is 2. The number of hydrogen-bond acceptors (Lipinski definition) is 8. The SMILES string of the molecule is COc1ccc(CO[C@H]([C@H](COC(c2ccccc2)(c2ccccc2)c2ccccc2)N=[N+]=N)[C@H](OCc2ccc(OC)cc2)c2cnn(C)c2)cc1. The van der Waals surface area contributed by atoms with Crippen molar-refractivity contribution in [3.8, 4) is 11.5 Å². The second-order valence-electron chi connectivity index (χ2n) is 12.5. The van der Waals surface area contributed by atoms with Gasteiger partial charge in [0.15, 0.2) is 6.04 Å². The Hall–Kier alpha value is -5.90. The summed E-state index contributed by atoms with van der Waals surface area (Å²) in [7, 11) is 5.13. The minimum absolute atomic E-state index is 0.0248. The lowest BCUT2D eigenvalue weighted by Gasteiger charge is -2.37. The lowest BCUT2D eigenvalue weighted by molar-refractivity contribution is -0.115. The molecule has 0 aliphatic carbocycles. The molecule has 1 heterocycles. The number of benzene rings is 5.